The standard InChI is InChI=1S/3C21H15.3Y/c1-3-5-15-12-18-8-6-16-10-14(4-2)11-17-7-9-19(13-15)21(18)20(16)17;1-3-5-15-7-9-17-10-12-18-14(4-2)6-8-16-11-13-19(15)21(17)20(16)18;1-3-5-15-7-9-17-11-10-16-8-6-14(4-2)18-12-13-19(15)21(17)20(16)18;;;/h3*2-13H,1H3;;;/q3*-1;;;/b3*5-3+;;;. The summed E-state index contributed by atoms with van der Waals surface area (Å²) in [7, 11) is 0. The van der Waals surface area contributed by atoms with E-state index in [2.05, 4.69) is 203 Å². The fourth-order valence-corrected chi connectivity index (χ4v) is 9.90. The summed E-state index contributed by atoms with van der Waals surface area (Å²) in [6, 6.07) is 52.5. The molecule has 0 unspecified atom stereocenters. The van der Waals surface area contributed by atoms with Gasteiger partial charge in [-0.25, -0.2) is 18.2 Å². The number of rotatable bonds is 6. The van der Waals surface area contributed by atoms with Gasteiger partial charge in [0.15, 0.2) is 0 Å². The molecule has 0 heterocycles. The van der Waals surface area contributed by atoms with Gasteiger partial charge in [0.25, 0.3) is 0 Å². The Morgan fingerprint density at radius 3 is 0.879 bits per heavy atom. The summed E-state index contributed by atoms with van der Waals surface area (Å²) in [6.07, 6.45) is 17.8. The molecule has 12 aromatic carbocycles. The van der Waals surface area contributed by atoms with Gasteiger partial charge >= 0.3 is 0 Å². The van der Waals surface area contributed by atoms with Crippen molar-refractivity contribution in [1.82, 2.24) is 0 Å². The molecule has 3 radical (unpaired) electrons. The first-order valence-electron chi connectivity index (χ1n) is 21.6. The molecule has 0 bridgehead atoms. The molecule has 0 nitrogen and oxygen atoms in total. The first kappa shape index (κ1) is 49.4. The van der Waals surface area contributed by atoms with Crippen molar-refractivity contribution in [3.8, 4) is 0 Å². The SMILES string of the molecule is [CH-]=Cc1cc2ccc3cc(/C=C/C)cc4ccc(c1)c2c34.[CH-]=Cc1ccc2ccc3c(/C=C/C)ccc4ccc1c2c43.[CH-]=Cc1ccc2ccc3ccc(/C=C/C)c4ccc1c2c34.[Y].[Y].[Y]. The smallest absolute Gasteiger partial charge is 0 e. The summed E-state index contributed by atoms with van der Waals surface area (Å²) in [4.78, 5) is 0. The molecule has 0 amide bonds. The van der Waals surface area contributed by atoms with Crippen LogP contribution in [0.25, 0.3) is 133 Å². The third kappa shape index (κ3) is 8.76. The van der Waals surface area contributed by atoms with Gasteiger partial charge in [0, 0.05) is 98.1 Å². The van der Waals surface area contributed by atoms with Crippen LogP contribution in [0.3, 0.4) is 0 Å². The minimum Gasteiger partial charge on any atom is -0.292 e. The molecule has 0 N–H and O–H groups in total. The topological polar surface area (TPSA) is 0 Å². The minimum absolute atomic E-state index is 0. The molecule has 0 saturated carbocycles. The maximum absolute atomic E-state index is 5.79. The zero-order valence-corrected chi connectivity index (χ0v) is 46.0. The van der Waals surface area contributed by atoms with Crippen molar-refractivity contribution in [3.05, 3.63) is 217 Å². The van der Waals surface area contributed by atoms with Gasteiger partial charge in [0.2, 0.25) is 0 Å². The maximum Gasteiger partial charge on any atom is 0 e. The quantitative estimate of drug-likeness (QED) is 0.115. The van der Waals surface area contributed by atoms with E-state index in [1.54, 1.807) is 18.2 Å². The number of hydrogen-bond donors (Lipinski definition) is 0. The average Bonchev–Trinajstić information content (AvgIpc) is 3.33. The second-order valence-corrected chi connectivity index (χ2v) is 16.3. The van der Waals surface area contributed by atoms with Gasteiger partial charge in [-0.05, 0) is 136 Å². The third-order valence-electron chi connectivity index (χ3n) is 12.6. The fourth-order valence-electron chi connectivity index (χ4n) is 9.90. The predicted molar refractivity (Wildman–Crippen MR) is 281 cm³/mol. The van der Waals surface area contributed by atoms with E-state index >= 15 is 0 Å². The summed E-state index contributed by atoms with van der Waals surface area (Å²) in [6.45, 7) is 23.4. The van der Waals surface area contributed by atoms with Crippen LogP contribution in [0, 0.1) is 19.7 Å². The van der Waals surface area contributed by atoms with E-state index < -0.39 is 0 Å². The maximum atomic E-state index is 5.79. The van der Waals surface area contributed by atoms with E-state index in [9.17, 15) is 0 Å². The summed E-state index contributed by atoms with van der Waals surface area (Å²) in [5.41, 5.74) is 7.03. The van der Waals surface area contributed by atoms with Gasteiger partial charge in [0.1, 0.15) is 0 Å². The third-order valence-corrected chi connectivity index (χ3v) is 12.6. The van der Waals surface area contributed by atoms with Gasteiger partial charge < -0.3 is 0 Å². The van der Waals surface area contributed by atoms with Gasteiger partial charge in [-0.3, -0.25) is 19.7 Å². The monoisotopic (exact) mass is 1070 g/mol. The molecule has 3 heteroatoms. The molecule has 0 atom stereocenters. The second-order valence-electron chi connectivity index (χ2n) is 16.3. The zero-order valence-electron chi connectivity index (χ0n) is 37.5. The van der Waals surface area contributed by atoms with Gasteiger partial charge in [0.05, 0.1) is 0 Å². The molecule has 0 saturated heterocycles. The van der Waals surface area contributed by atoms with Gasteiger partial charge in [-0.15, -0.1) is 24.3 Å². The molecular weight excluding hydrogens is 1020 g/mol. The largest absolute Gasteiger partial charge is 0.292 e. The summed E-state index contributed by atoms with van der Waals surface area (Å²) < 4.78 is 0. The first-order chi connectivity index (χ1) is 31.0. The van der Waals surface area contributed by atoms with Crippen molar-refractivity contribution in [3.63, 3.8) is 0 Å². The molecule has 12 aromatic rings. The Kier molecular flexibility index (Phi) is 15.9. The van der Waals surface area contributed by atoms with Gasteiger partial charge in [-0.2, -0.15) is 16.7 Å². The van der Waals surface area contributed by atoms with Crippen molar-refractivity contribution >= 4 is 133 Å². The molecule has 0 aliphatic heterocycles. The van der Waals surface area contributed by atoms with E-state index in [4.69, 9.17) is 19.7 Å². The Bertz CT molecular complexity index is 3650. The predicted octanol–water partition coefficient (Wildman–Crippen LogP) is 18.2. The van der Waals surface area contributed by atoms with Crippen LogP contribution in [0.15, 0.2) is 164 Å². The number of hydrogen-bond acceptors (Lipinski definition) is 0. The van der Waals surface area contributed by atoms with Crippen LogP contribution in [-0.2, 0) is 98.1 Å². The van der Waals surface area contributed by atoms with Crippen LogP contribution in [0.4, 0.5) is 0 Å². The van der Waals surface area contributed by atoms with Crippen LogP contribution in [0.5, 0.6) is 0 Å². The summed E-state index contributed by atoms with van der Waals surface area (Å²) in [5.74, 6) is 0. The van der Waals surface area contributed by atoms with E-state index in [0.717, 1.165) is 16.7 Å². The van der Waals surface area contributed by atoms with E-state index in [0.29, 0.717) is 0 Å². The van der Waals surface area contributed by atoms with Crippen LogP contribution >= 0.6 is 0 Å². The van der Waals surface area contributed by atoms with Crippen molar-refractivity contribution in [2.24, 2.45) is 0 Å². The molecule has 0 spiro atoms. The van der Waals surface area contributed by atoms with Crippen molar-refractivity contribution in [2.75, 3.05) is 0 Å². The average molecular weight is 1070 g/mol. The van der Waals surface area contributed by atoms with Crippen LogP contribution < -0.4 is 0 Å². The Morgan fingerprint density at radius 1 is 0.273 bits per heavy atom. The van der Waals surface area contributed by atoms with E-state index in [1.165, 1.54) is 114 Å². The first-order valence-corrected chi connectivity index (χ1v) is 21.6. The van der Waals surface area contributed by atoms with Crippen molar-refractivity contribution < 1.29 is 98.1 Å². The Balaban J connectivity index is 0.000000144. The molecule has 309 valence electrons. The second kappa shape index (κ2) is 21.2. The molecule has 0 fully saturated rings. The summed E-state index contributed by atoms with van der Waals surface area (Å²) in [5, 5.41) is 23.2. The summed E-state index contributed by atoms with van der Waals surface area (Å²) >= 11 is 0. The molecule has 0 aliphatic rings. The molecule has 0 aromatic heterocycles. The normalized spacial score (nSPS) is 11.5. The number of benzene rings is 12. The van der Waals surface area contributed by atoms with Crippen LogP contribution in [-0.4, -0.2) is 0 Å². The molecule has 12 rings (SSSR count). The zero-order chi connectivity index (χ0) is 43.2. The minimum atomic E-state index is 0. The Hall–Kier alpha value is -4.49. The van der Waals surface area contributed by atoms with Gasteiger partial charge in [-0.1, -0.05) is 156 Å². The van der Waals surface area contributed by atoms with Crippen molar-refractivity contribution in [1.29, 1.82) is 0 Å². The molecular formula is C63H45Y3-3. The number of allylic oxidation sites excluding steroid dienone is 3. The fraction of sp³-hybridized carbons (Fsp3) is 0.0476. The Morgan fingerprint density at radius 2 is 0.545 bits per heavy atom. The van der Waals surface area contributed by atoms with E-state index in [1.807, 2.05) is 0 Å². The van der Waals surface area contributed by atoms with Crippen molar-refractivity contribution in [2.45, 2.75) is 20.8 Å². The molecule has 66 heavy (non-hydrogen) atoms. The van der Waals surface area contributed by atoms with Crippen LogP contribution in [0.2, 0.25) is 0 Å². The Labute approximate surface area is 463 Å². The van der Waals surface area contributed by atoms with E-state index in [-0.39, 0.29) is 98.1 Å². The van der Waals surface area contributed by atoms with Crippen LogP contribution in [0.1, 0.15) is 54.2 Å². The molecule has 0 aliphatic carbocycles.